The van der Waals surface area contributed by atoms with Gasteiger partial charge in [0.05, 0.1) is 26.4 Å². The Morgan fingerprint density at radius 2 is 1.57 bits per heavy atom. The lowest BCUT2D eigenvalue weighted by Gasteiger charge is -2.21. The first-order valence-electron chi connectivity index (χ1n) is 7.42. The van der Waals surface area contributed by atoms with Crippen LogP contribution in [0.3, 0.4) is 0 Å². The highest BCUT2D eigenvalue weighted by atomic mass is 31.3. The summed E-state index contributed by atoms with van der Waals surface area (Å²) < 4.78 is 41.7. The van der Waals surface area contributed by atoms with Gasteiger partial charge in [0, 0.05) is 6.54 Å². The van der Waals surface area contributed by atoms with Gasteiger partial charge in [-0.2, -0.15) is 4.31 Å². The van der Waals surface area contributed by atoms with E-state index in [1.54, 1.807) is 20.8 Å². The fraction of sp³-hybridized carbons (Fsp3) is 1.00. The molecule has 0 aromatic carbocycles. The van der Waals surface area contributed by atoms with Gasteiger partial charge in [0.15, 0.2) is 0 Å². The molecule has 0 aliphatic carbocycles. The maximum atomic E-state index is 11.6. The highest BCUT2D eigenvalue weighted by Gasteiger charge is 2.36. The molecule has 11 heteroatoms. The summed E-state index contributed by atoms with van der Waals surface area (Å²) in [7, 11) is -9.37. The molecule has 2 unspecified atom stereocenters. The van der Waals surface area contributed by atoms with Gasteiger partial charge >= 0.3 is 15.6 Å². The van der Waals surface area contributed by atoms with Gasteiger partial charge in [0.2, 0.25) is 0 Å². The van der Waals surface area contributed by atoms with Crippen molar-refractivity contribution in [1.29, 1.82) is 0 Å². The summed E-state index contributed by atoms with van der Waals surface area (Å²) in [6.07, 6.45) is 1.02. The third kappa shape index (κ3) is 15.4. The second-order valence-corrected chi connectivity index (χ2v) is 9.09. The van der Waals surface area contributed by atoms with Crippen molar-refractivity contribution in [1.82, 2.24) is 5.32 Å². The molecule has 0 aliphatic rings. The highest BCUT2D eigenvalue weighted by molar-refractivity contribution is 7.61. The lowest BCUT2D eigenvalue weighted by Crippen LogP contribution is -2.21. The van der Waals surface area contributed by atoms with E-state index in [1.807, 2.05) is 6.92 Å². The van der Waals surface area contributed by atoms with E-state index in [9.17, 15) is 18.9 Å². The average Bonchev–Trinajstić information content (AvgIpc) is 2.38. The topological polar surface area (TPSA) is 124 Å². The maximum Gasteiger partial charge on any atom is 0.481 e. The van der Waals surface area contributed by atoms with E-state index in [-0.39, 0.29) is 19.8 Å². The van der Waals surface area contributed by atoms with Crippen LogP contribution in [0.4, 0.5) is 0 Å². The number of phosphoric ester groups is 2. The molecular weight excluding hydrogens is 348 g/mol. The minimum Gasteiger partial charge on any atom is -0.378 e. The Morgan fingerprint density at radius 1 is 0.957 bits per heavy atom. The van der Waals surface area contributed by atoms with E-state index in [4.69, 9.17) is 4.74 Å². The Morgan fingerprint density at radius 3 is 2.13 bits per heavy atom. The van der Waals surface area contributed by atoms with Crippen molar-refractivity contribution in [2.75, 3.05) is 39.5 Å². The lowest BCUT2D eigenvalue weighted by atomic mass is 9.99. The number of hydrogen-bond acceptors (Lipinski definition) is 7. The first-order chi connectivity index (χ1) is 10.5. The molecule has 0 rings (SSSR count). The van der Waals surface area contributed by atoms with Gasteiger partial charge < -0.3 is 19.8 Å². The molecule has 23 heavy (non-hydrogen) atoms. The van der Waals surface area contributed by atoms with Crippen molar-refractivity contribution >= 4 is 15.6 Å². The Hall–Kier alpha value is 0.180. The summed E-state index contributed by atoms with van der Waals surface area (Å²) >= 11 is 0. The summed E-state index contributed by atoms with van der Waals surface area (Å²) in [5.74, 6) is 0. The van der Waals surface area contributed by atoms with E-state index >= 15 is 0 Å². The molecule has 0 saturated heterocycles. The molecular formula is C12H29NO8P2. The summed E-state index contributed by atoms with van der Waals surface area (Å²) in [6, 6.07) is 0. The van der Waals surface area contributed by atoms with Gasteiger partial charge in [-0.25, -0.2) is 9.13 Å². The average molecular weight is 377 g/mol. The van der Waals surface area contributed by atoms with Crippen molar-refractivity contribution in [2.24, 2.45) is 5.41 Å². The predicted octanol–water partition coefficient (Wildman–Crippen LogP) is 2.30. The fourth-order valence-corrected chi connectivity index (χ4v) is 3.49. The Balaban J connectivity index is 3.95. The molecule has 0 heterocycles. The van der Waals surface area contributed by atoms with Gasteiger partial charge in [-0.1, -0.05) is 27.7 Å². The van der Waals surface area contributed by atoms with Crippen molar-refractivity contribution in [3.63, 3.8) is 0 Å². The van der Waals surface area contributed by atoms with Crippen LogP contribution in [0, 0.1) is 5.41 Å². The zero-order valence-corrected chi connectivity index (χ0v) is 16.0. The second kappa shape index (κ2) is 10.9. The lowest BCUT2D eigenvalue weighted by molar-refractivity contribution is 0.0810. The predicted molar refractivity (Wildman–Crippen MR) is 86.1 cm³/mol. The van der Waals surface area contributed by atoms with Crippen LogP contribution in [-0.4, -0.2) is 49.3 Å². The molecule has 0 aromatic heterocycles. The van der Waals surface area contributed by atoms with Crippen molar-refractivity contribution < 1.29 is 37.0 Å². The zero-order valence-electron chi connectivity index (χ0n) is 14.2. The third-order valence-corrected chi connectivity index (χ3v) is 4.81. The monoisotopic (exact) mass is 377 g/mol. The summed E-state index contributed by atoms with van der Waals surface area (Å²) in [5, 5.41) is 3.12. The molecule has 9 nitrogen and oxygen atoms in total. The number of rotatable bonds is 13. The van der Waals surface area contributed by atoms with Crippen molar-refractivity contribution in [3.8, 4) is 0 Å². The summed E-state index contributed by atoms with van der Waals surface area (Å²) in [4.78, 5) is 18.8. The minimum atomic E-state index is -4.70. The van der Waals surface area contributed by atoms with Crippen LogP contribution in [0.5, 0.6) is 0 Å². The molecule has 0 aromatic rings. The number of hydrogen-bond donors (Lipinski definition) is 3. The SMILES string of the molecule is CCCNCCOCCOP(=O)(O)OP(=O)(O)OCC(C)(C)C. The van der Waals surface area contributed by atoms with Gasteiger partial charge in [0.1, 0.15) is 0 Å². The smallest absolute Gasteiger partial charge is 0.378 e. The largest absolute Gasteiger partial charge is 0.481 e. The van der Waals surface area contributed by atoms with E-state index in [0.29, 0.717) is 13.2 Å². The fourth-order valence-electron chi connectivity index (χ4n) is 1.21. The van der Waals surface area contributed by atoms with Crippen LogP contribution in [0.1, 0.15) is 34.1 Å². The normalized spacial score (nSPS) is 17.7. The molecule has 0 bridgehead atoms. The molecule has 2 atom stereocenters. The van der Waals surface area contributed by atoms with Crippen molar-refractivity contribution in [3.05, 3.63) is 0 Å². The summed E-state index contributed by atoms with van der Waals surface area (Å²) in [5.41, 5.74) is -0.401. The van der Waals surface area contributed by atoms with Crippen LogP contribution >= 0.6 is 15.6 Å². The molecule has 0 fully saturated rings. The van der Waals surface area contributed by atoms with E-state index < -0.39 is 21.1 Å². The van der Waals surface area contributed by atoms with Crippen LogP contribution < -0.4 is 5.32 Å². The maximum absolute atomic E-state index is 11.6. The van der Waals surface area contributed by atoms with E-state index in [1.165, 1.54) is 0 Å². The molecule has 3 N–H and O–H groups in total. The van der Waals surface area contributed by atoms with E-state index in [2.05, 4.69) is 18.7 Å². The number of phosphoric acid groups is 2. The van der Waals surface area contributed by atoms with Gasteiger partial charge in [-0.3, -0.25) is 9.05 Å². The Bertz CT molecular complexity index is 412. The summed E-state index contributed by atoms with van der Waals surface area (Å²) in [6.45, 7) is 9.03. The Kier molecular flexibility index (Phi) is 11.0. The van der Waals surface area contributed by atoms with Crippen LogP contribution in [0.2, 0.25) is 0 Å². The van der Waals surface area contributed by atoms with Gasteiger partial charge in [-0.05, 0) is 18.4 Å². The second-order valence-electron chi connectivity index (χ2n) is 6.05. The Labute approximate surface area is 137 Å². The van der Waals surface area contributed by atoms with E-state index in [0.717, 1.165) is 13.0 Å². The first-order valence-corrected chi connectivity index (χ1v) is 10.4. The van der Waals surface area contributed by atoms with Crippen molar-refractivity contribution in [2.45, 2.75) is 34.1 Å². The number of ether oxygens (including phenoxy) is 1. The molecule has 0 spiro atoms. The first kappa shape index (κ1) is 23.2. The quantitative estimate of drug-likeness (QED) is 0.328. The zero-order chi connectivity index (χ0) is 18.0. The third-order valence-electron chi connectivity index (χ3n) is 2.20. The minimum absolute atomic E-state index is 0.0558. The van der Waals surface area contributed by atoms with Gasteiger partial charge in [-0.15, -0.1) is 0 Å². The van der Waals surface area contributed by atoms with Gasteiger partial charge in [0.25, 0.3) is 0 Å². The molecule has 0 amide bonds. The van der Waals surface area contributed by atoms with Crippen LogP contribution in [0.15, 0.2) is 0 Å². The molecule has 140 valence electrons. The molecule has 0 radical (unpaired) electrons. The highest BCUT2D eigenvalue weighted by Crippen LogP contribution is 2.60. The van der Waals surface area contributed by atoms with Crippen LogP contribution in [0.25, 0.3) is 0 Å². The number of nitrogens with one attached hydrogen (secondary N) is 1. The van der Waals surface area contributed by atoms with Crippen LogP contribution in [-0.2, 0) is 27.2 Å². The standard InChI is InChI=1S/C12H29NO8P2/c1-5-6-13-7-8-18-9-10-19-22(14,15)21-23(16,17)20-11-12(2,3)4/h13H,5-11H2,1-4H3,(H,14,15)(H,16,17). The molecule has 0 aliphatic heterocycles. The molecule has 0 saturated carbocycles.